The number of hydrogen-bond acceptors (Lipinski definition) is 4. The van der Waals surface area contributed by atoms with Crippen LogP contribution in [0.15, 0.2) is 64.6 Å². The maximum absolute atomic E-state index is 5.06. The first kappa shape index (κ1) is 24.5. The molecule has 1 aliphatic heterocycles. The lowest BCUT2D eigenvalue weighted by Gasteiger charge is -2.23. The van der Waals surface area contributed by atoms with Crippen molar-refractivity contribution in [1.29, 1.82) is 0 Å². The fraction of sp³-hybridized carbons (Fsp3) is 0.417. The zero-order valence-corrected chi connectivity index (χ0v) is 19.1. The number of allylic oxidation sites excluding steroid dienone is 4. The first-order chi connectivity index (χ1) is 13.8. The molecule has 0 spiro atoms. The molecule has 0 atom stereocenters. The molecule has 0 unspecified atom stereocenters. The molecule has 156 valence electrons. The fourth-order valence-corrected chi connectivity index (χ4v) is 3.07. The summed E-state index contributed by atoms with van der Waals surface area (Å²) >= 11 is 5.06. The van der Waals surface area contributed by atoms with Gasteiger partial charge in [0.2, 0.25) is 0 Å². The number of rotatable bonds is 9. The van der Waals surface area contributed by atoms with Crippen molar-refractivity contribution in [2.45, 2.75) is 39.5 Å². The fourth-order valence-electron chi connectivity index (χ4n) is 2.82. The molecule has 0 radical (unpaired) electrons. The van der Waals surface area contributed by atoms with Crippen LogP contribution < -0.4 is 10.6 Å². The summed E-state index contributed by atoms with van der Waals surface area (Å²) in [6.45, 7) is 17.9. The van der Waals surface area contributed by atoms with E-state index in [-0.39, 0.29) is 0 Å². The Morgan fingerprint density at radius 2 is 2.03 bits per heavy atom. The van der Waals surface area contributed by atoms with Crippen LogP contribution in [0.4, 0.5) is 0 Å². The molecule has 0 saturated heterocycles. The first-order valence-electron chi connectivity index (χ1n) is 9.85. The Morgan fingerprint density at radius 1 is 1.31 bits per heavy atom. The molecule has 1 aliphatic rings. The van der Waals surface area contributed by atoms with Gasteiger partial charge in [0.15, 0.2) is 0 Å². The molecule has 0 aliphatic carbocycles. The molecular formula is C24H34N4S. The highest BCUT2D eigenvalue weighted by atomic mass is 32.1. The van der Waals surface area contributed by atoms with Gasteiger partial charge in [-0.2, -0.15) is 0 Å². The van der Waals surface area contributed by atoms with E-state index >= 15 is 0 Å². The van der Waals surface area contributed by atoms with Crippen molar-refractivity contribution in [3.63, 3.8) is 0 Å². The van der Waals surface area contributed by atoms with Gasteiger partial charge in [-0.15, -0.1) is 5.92 Å². The third-order valence-electron chi connectivity index (χ3n) is 4.79. The minimum atomic E-state index is 0.726. The van der Waals surface area contributed by atoms with E-state index in [1.807, 2.05) is 31.9 Å². The predicted octanol–water partition coefficient (Wildman–Crippen LogP) is 4.51. The summed E-state index contributed by atoms with van der Waals surface area (Å²) < 4.78 is 0. The SMILES string of the molecule is C=C(/C=C(/C(=C)C)N(C)C(C)=NC)C(=C)NCCC#CCC1=C(C=S)NCCC1. The largest absolute Gasteiger partial charge is 0.384 e. The molecule has 1 rings (SSSR count). The molecule has 4 nitrogen and oxygen atoms in total. The summed E-state index contributed by atoms with van der Waals surface area (Å²) in [4.78, 5) is 6.22. The molecule has 0 aromatic heterocycles. The van der Waals surface area contributed by atoms with Crippen molar-refractivity contribution in [2.24, 2.45) is 4.99 Å². The lowest BCUT2D eigenvalue weighted by atomic mass is 10.0. The van der Waals surface area contributed by atoms with Crippen LogP contribution in [0.3, 0.4) is 0 Å². The van der Waals surface area contributed by atoms with Crippen LogP contribution in [-0.2, 0) is 0 Å². The smallest absolute Gasteiger partial charge is 0.0995 e. The number of amidine groups is 1. The third-order valence-corrected chi connectivity index (χ3v) is 5.03. The van der Waals surface area contributed by atoms with Gasteiger partial charge in [0.05, 0.1) is 5.84 Å². The molecule has 29 heavy (non-hydrogen) atoms. The average molecular weight is 411 g/mol. The predicted molar refractivity (Wildman–Crippen MR) is 131 cm³/mol. The van der Waals surface area contributed by atoms with Crippen LogP contribution in [0.1, 0.15) is 39.5 Å². The lowest BCUT2D eigenvalue weighted by Crippen LogP contribution is -2.24. The van der Waals surface area contributed by atoms with Gasteiger partial charge >= 0.3 is 0 Å². The molecule has 0 amide bonds. The van der Waals surface area contributed by atoms with Gasteiger partial charge in [0.25, 0.3) is 0 Å². The number of thiocarbonyl (C=S) groups is 1. The van der Waals surface area contributed by atoms with E-state index < -0.39 is 0 Å². The topological polar surface area (TPSA) is 39.7 Å². The quantitative estimate of drug-likeness (QED) is 0.147. The summed E-state index contributed by atoms with van der Waals surface area (Å²) in [5.74, 6) is 7.38. The Hall–Kier alpha value is -2.58. The van der Waals surface area contributed by atoms with Crippen LogP contribution in [0.5, 0.6) is 0 Å². The van der Waals surface area contributed by atoms with E-state index in [0.717, 1.165) is 72.8 Å². The minimum Gasteiger partial charge on any atom is -0.384 e. The number of nitrogens with zero attached hydrogens (tertiary/aromatic N) is 2. The normalized spacial score (nSPS) is 14.3. The molecule has 1 heterocycles. The Bertz CT molecular complexity index is 802. The van der Waals surface area contributed by atoms with Crippen LogP contribution in [-0.4, -0.2) is 43.3 Å². The van der Waals surface area contributed by atoms with Crippen LogP contribution in [0.25, 0.3) is 0 Å². The van der Waals surface area contributed by atoms with Gasteiger partial charge in [-0.1, -0.05) is 37.9 Å². The molecule has 0 saturated carbocycles. The molecule has 0 aromatic rings. The molecule has 2 N–H and O–H groups in total. The van der Waals surface area contributed by atoms with Gasteiger partial charge in [0, 0.05) is 62.5 Å². The highest BCUT2D eigenvalue weighted by molar-refractivity contribution is 7.79. The minimum absolute atomic E-state index is 0.726. The molecule has 0 aromatic carbocycles. The molecule has 5 heteroatoms. The first-order valence-corrected chi connectivity index (χ1v) is 10.3. The highest BCUT2D eigenvalue weighted by Gasteiger charge is 2.10. The lowest BCUT2D eigenvalue weighted by molar-refractivity contribution is 0.630. The second-order valence-electron chi connectivity index (χ2n) is 7.02. The van der Waals surface area contributed by atoms with Crippen molar-refractivity contribution >= 4 is 23.4 Å². The second kappa shape index (κ2) is 12.8. The van der Waals surface area contributed by atoms with Crippen molar-refractivity contribution in [1.82, 2.24) is 15.5 Å². The average Bonchev–Trinajstić information content (AvgIpc) is 2.72. The van der Waals surface area contributed by atoms with Crippen molar-refractivity contribution < 1.29 is 0 Å². The molecule has 0 bridgehead atoms. The summed E-state index contributed by atoms with van der Waals surface area (Å²) in [5.41, 5.74) is 5.90. The third kappa shape index (κ3) is 8.13. The Balaban J connectivity index is 2.56. The zero-order valence-electron chi connectivity index (χ0n) is 18.3. The van der Waals surface area contributed by atoms with Gasteiger partial charge < -0.3 is 15.5 Å². The number of hydrogen-bond donors (Lipinski definition) is 2. The van der Waals surface area contributed by atoms with Crippen molar-refractivity contribution in [3.05, 3.63) is 59.6 Å². The molecular weight excluding hydrogens is 376 g/mol. The monoisotopic (exact) mass is 410 g/mol. The summed E-state index contributed by atoms with van der Waals surface area (Å²) in [7, 11) is 3.74. The zero-order chi connectivity index (χ0) is 21.8. The van der Waals surface area contributed by atoms with Crippen LogP contribution in [0.2, 0.25) is 0 Å². The Labute approximate surface area is 182 Å². The van der Waals surface area contributed by atoms with Crippen molar-refractivity contribution in [2.75, 3.05) is 27.2 Å². The van der Waals surface area contributed by atoms with Crippen LogP contribution in [0, 0.1) is 11.8 Å². The van der Waals surface area contributed by atoms with Crippen LogP contribution >= 0.6 is 12.2 Å². The Morgan fingerprint density at radius 3 is 2.66 bits per heavy atom. The van der Waals surface area contributed by atoms with E-state index in [1.54, 1.807) is 12.4 Å². The second-order valence-corrected chi connectivity index (χ2v) is 7.25. The Kier molecular flexibility index (Phi) is 10.8. The van der Waals surface area contributed by atoms with Gasteiger partial charge in [0.1, 0.15) is 0 Å². The van der Waals surface area contributed by atoms with E-state index in [9.17, 15) is 0 Å². The summed E-state index contributed by atoms with van der Waals surface area (Å²) in [6, 6.07) is 0. The van der Waals surface area contributed by atoms with E-state index in [4.69, 9.17) is 12.2 Å². The standard InChI is InChI=1S/C24H34N4S/c1-18(2)24(28(7)21(5)25-6)16-19(3)20(4)26-14-10-8-9-12-22-13-11-15-27-23(22)17-29/h16-17,26-27H,1,3-4,10-15H2,2,5-7H3/b24-16-,25-21?. The maximum Gasteiger partial charge on any atom is 0.0995 e. The van der Waals surface area contributed by atoms with Gasteiger partial charge in [-0.25, -0.2) is 0 Å². The molecule has 0 fully saturated rings. The number of likely N-dealkylation sites (N-methyl/N-ethyl adjacent to an activating group) is 1. The van der Waals surface area contributed by atoms with Gasteiger partial charge in [-0.3, -0.25) is 4.99 Å². The van der Waals surface area contributed by atoms with E-state index in [1.165, 1.54) is 5.57 Å². The van der Waals surface area contributed by atoms with Crippen molar-refractivity contribution in [3.8, 4) is 11.8 Å². The summed E-state index contributed by atoms with van der Waals surface area (Å²) in [5, 5.41) is 8.36. The maximum atomic E-state index is 5.06. The van der Waals surface area contributed by atoms with E-state index in [2.05, 4.69) is 47.2 Å². The van der Waals surface area contributed by atoms with Gasteiger partial charge in [-0.05, 0) is 49.5 Å². The summed E-state index contributed by atoms with van der Waals surface area (Å²) in [6.07, 6.45) is 5.73. The number of aliphatic imine (C=N–C) groups is 1. The number of nitrogens with one attached hydrogen (secondary N) is 2. The van der Waals surface area contributed by atoms with E-state index in [0.29, 0.717) is 0 Å². The highest BCUT2D eigenvalue weighted by Crippen LogP contribution is 2.18.